The molecular formula is C19H20N6O2. The Labute approximate surface area is 157 Å². The zero-order chi connectivity index (χ0) is 18.5. The number of nitrogens with zero attached hydrogens (tertiary/aromatic N) is 6. The largest absolute Gasteiger partial charge is 0.484 e. The van der Waals surface area contributed by atoms with Crippen molar-refractivity contribution in [2.45, 2.75) is 0 Å². The minimum atomic E-state index is -0.00128. The third kappa shape index (κ3) is 4.05. The lowest BCUT2D eigenvalue weighted by Crippen LogP contribution is -2.50. The number of ether oxygens (including phenoxy) is 1. The van der Waals surface area contributed by atoms with Gasteiger partial charge in [0.2, 0.25) is 0 Å². The van der Waals surface area contributed by atoms with E-state index < -0.39 is 0 Å². The molecule has 27 heavy (non-hydrogen) atoms. The third-order valence-electron chi connectivity index (χ3n) is 4.44. The smallest absolute Gasteiger partial charge is 0.260 e. The summed E-state index contributed by atoms with van der Waals surface area (Å²) in [6.45, 7) is 2.77. The van der Waals surface area contributed by atoms with Gasteiger partial charge in [-0.05, 0) is 30.3 Å². The summed E-state index contributed by atoms with van der Waals surface area (Å²) in [5.74, 6) is 2.19. The number of hydrogen-bond acceptors (Lipinski definition) is 6. The molecule has 0 saturated carbocycles. The van der Waals surface area contributed by atoms with E-state index in [2.05, 4.69) is 20.2 Å². The Morgan fingerprint density at radius 1 is 0.926 bits per heavy atom. The van der Waals surface area contributed by atoms with E-state index in [1.165, 1.54) is 0 Å². The van der Waals surface area contributed by atoms with Gasteiger partial charge in [0.25, 0.3) is 5.91 Å². The van der Waals surface area contributed by atoms with Gasteiger partial charge in [-0.2, -0.15) is 5.10 Å². The van der Waals surface area contributed by atoms with Crippen LogP contribution in [0.25, 0.3) is 5.82 Å². The van der Waals surface area contributed by atoms with E-state index in [1.807, 2.05) is 59.6 Å². The van der Waals surface area contributed by atoms with Crippen molar-refractivity contribution in [3.8, 4) is 11.6 Å². The quantitative estimate of drug-likeness (QED) is 0.681. The van der Waals surface area contributed by atoms with E-state index in [1.54, 1.807) is 10.9 Å². The molecule has 3 heterocycles. The molecule has 1 aromatic carbocycles. The first kappa shape index (κ1) is 17.0. The number of piperazine rings is 1. The van der Waals surface area contributed by atoms with Crippen LogP contribution < -0.4 is 9.64 Å². The highest BCUT2D eigenvalue weighted by Gasteiger charge is 2.22. The van der Waals surface area contributed by atoms with E-state index in [4.69, 9.17) is 4.74 Å². The van der Waals surface area contributed by atoms with Crippen molar-refractivity contribution in [3.63, 3.8) is 0 Å². The Morgan fingerprint density at radius 2 is 1.67 bits per heavy atom. The first-order valence-electron chi connectivity index (χ1n) is 8.84. The van der Waals surface area contributed by atoms with Gasteiger partial charge in [0, 0.05) is 38.6 Å². The molecule has 0 aliphatic carbocycles. The van der Waals surface area contributed by atoms with Crippen LogP contribution in [-0.2, 0) is 4.79 Å². The maximum absolute atomic E-state index is 12.3. The fourth-order valence-corrected chi connectivity index (χ4v) is 2.95. The molecular weight excluding hydrogens is 344 g/mol. The maximum Gasteiger partial charge on any atom is 0.260 e. The molecule has 2 aromatic heterocycles. The molecule has 8 nitrogen and oxygen atoms in total. The van der Waals surface area contributed by atoms with Crippen molar-refractivity contribution in [2.24, 2.45) is 0 Å². The van der Waals surface area contributed by atoms with Gasteiger partial charge in [-0.25, -0.2) is 4.68 Å². The van der Waals surface area contributed by atoms with Gasteiger partial charge < -0.3 is 14.5 Å². The monoisotopic (exact) mass is 364 g/mol. The van der Waals surface area contributed by atoms with E-state index >= 15 is 0 Å². The summed E-state index contributed by atoms with van der Waals surface area (Å²) in [5, 5.41) is 12.7. The molecule has 1 amide bonds. The van der Waals surface area contributed by atoms with Gasteiger partial charge >= 0.3 is 0 Å². The molecule has 8 heteroatoms. The summed E-state index contributed by atoms with van der Waals surface area (Å²) in [5.41, 5.74) is 0. The average molecular weight is 364 g/mol. The predicted molar refractivity (Wildman–Crippen MR) is 99.9 cm³/mol. The molecule has 3 aromatic rings. The Hall–Kier alpha value is -3.42. The molecule has 4 rings (SSSR count). The Bertz CT molecular complexity index is 859. The second-order valence-corrected chi connectivity index (χ2v) is 6.17. The molecule has 1 saturated heterocycles. The second kappa shape index (κ2) is 7.86. The van der Waals surface area contributed by atoms with Crippen molar-refractivity contribution in [1.82, 2.24) is 24.9 Å². The molecule has 1 aliphatic heterocycles. The van der Waals surface area contributed by atoms with Gasteiger partial charge in [0.05, 0.1) is 0 Å². The second-order valence-electron chi connectivity index (χ2n) is 6.17. The van der Waals surface area contributed by atoms with Crippen molar-refractivity contribution in [1.29, 1.82) is 0 Å². The highest BCUT2D eigenvalue weighted by Crippen LogP contribution is 2.14. The van der Waals surface area contributed by atoms with Crippen molar-refractivity contribution in [3.05, 3.63) is 60.9 Å². The SMILES string of the molecule is O=C(COc1ccccc1)N1CCN(c2ccc(-n3cccn3)nn2)CC1. The van der Waals surface area contributed by atoms with Crippen LogP contribution >= 0.6 is 0 Å². The summed E-state index contributed by atoms with van der Waals surface area (Å²) >= 11 is 0. The number of hydrogen-bond donors (Lipinski definition) is 0. The van der Waals surface area contributed by atoms with E-state index in [-0.39, 0.29) is 12.5 Å². The molecule has 0 bridgehead atoms. The normalized spacial score (nSPS) is 14.2. The fourth-order valence-electron chi connectivity index (χ4n) is 2.95. The van der Waals surface area contributed by atoms with Crippen LogP contribution in [0.5, 0.6) is 5.75 Å². The average Bonchev–Trinajstić information content (AvgIpc) is 3.28. The number of aromatic nitrogens is 4. The number of benzene rings is 1. The standard InChI is InChI=1S/C19H20N6O2/c26-19(15-27-16-5-2-1-3-6-16)24-13-11-23(12-14-24)17-7-8-18(22-21-17)25-10-4-9-20-25/h1-10H,11-15H2. The van der Waals surface area contributed by atoms with Crippen molar-refractivity contribution in [2.75, 3.05) is 37.7 Å². The van der Waals surface area contributed by atoms with Gasteiger partial charge in [-0.1, -0.05) is 18.2 Å². The molecule has 1 aliphatic rings. The Kier molecular flexibility index (Phi) is 4.95. The summed E-state index contributed by atoms with van der Waals surface area (Å²) in [6.07, 6.45) is 3.53. The number of amides is 1. The molecule has 0 radical (unpaired) electrons. The van der Waals surface area contributed by atoms with Gasteiger partial charge in [-0.3, -0.25) is 4.79 Å². The minimum Gasteiger partial charge on any atom is -0.484 e. The number of carbonyl (C=O) groups is 1. The molecule has 0 spiro atoms. The number of rotatable bonds is 5. The van der Waals surface area contributed by atoms with E-state index in [9.17, 15) is 4.79 Å². The van der Waals surface area contributed by atoms with Crippen LogP contribution in [-0.4, -0.2) is 63.6 Å². The van der Waals surface area contributed by atoms with Crippen LogP contribution in [0.4, 0.5) is 5.82 Å². The van der Waals surface area contributed by atoms with E-state index in [0.717, 1.165) is 5.82 Å². The van der Waals surface area contributed by atoms with Crippen LogP contribution in [0.2, 0.25) is 0 Å². The highest BCUT2D eigenvalue weighted by atomic mass is 16.5. The Balaban J connectivity index is 1.29. The number of anilines is 1. The van der Waals surface area contributed by atoms with Crippen molar-refractivity contribution < 1.29 is 9.53 Å². The number of para-hydroxylation sites is 1. The molecule has 138 valence electrons. The lowest BCUT2D eigenvalue weighted by Gasteiger charge is -2.35. The molecule has 0 N–H and O–H groups in total. The minimum absolute atomic E-state index is 0.00128. The van der Waals surface area contributed by atoms with E-state index in [0.29, 0.717) is 37.7 Å². The summed E-state index contributed by atoms with van der Waals surface area (Å²) in [4.78, 5) is 16.3. The molecule has 0 unspecified atom stereocenters. The fraction of sp³-hybridized carbons (Fsp3) is 0.263. The van der Waals surface area contributed by atoms with Crippen molar-refractivity contribution >= 4 is 11.7 Å². The van der Waals surface area contributed by atoms with Crippen LogP contribution in [0.15, 0.2) is 60.9 Å². The van der Waals surface area contributed by atoms with Gasteiger partial charge in [0.15, 0.2) is 18.2 Å². The van der Waals surface area contributed by atoms with Crippen LogP contribution in [0.1, 0.15) is 0 Å². The van der Waals surface area contributed by atoms with Crippen LogP contribution in [0.3, 0.4) is 0 Å². The van der Waals surface area contributed by atoms with Crippen LogP contribution in [0, 0.1) is 0 Å². The lowest BCUT2D eigenvalue weighted by molar-refractivity contribution is -0.133. The highest BCUT2D eigenvalue weighted by molar-refractivity contribution is 5.78. The lowest BCUT2D eigenvalue weighted by atomic mass is 10.3. The maximum atomic E-state index is 12.3. The summed E-state index contributed by atoms with van der Waals surface area (Å²) in [6, 6.07) is 15.0. The zero-order valence-electron chi connectivity index (χ0n) is 14.8. The molecule has 0 atom stereocenters. The first-order chi connectivity index (χ1) is 13.3. The summed E-state index contributed by atoms with van der Waals surface area (Å²) in [7, 11) is 0. The summed E-state index contributed by atoms with van der Waals surface area (Å²) < 4.78 is 7.21. The first-order valence-corrected chi connectivity index (χ1v) is 8.84. The third-order valence-corrected chi connectivity index (χ3v) is 4.44. The van der Waals surface area contributed by atoms with Gasteiger partial charge in [0.1, 0.15) is 5.75 Å². The zero-order valence-corrected chi connectivity index (χ0v) is 14.8. The Morgan fingerprint density at radius 3 is 2.33 bits per heavy atom. The topological polar surface area (TPSA) is 76.4 Å². The van der Waals surface area contributed by atoms with Gasteiger partial charge in [-0.15, -0.1) is 10.2 Å². The molecule has 1 fully saturated rings. The number of carbonyl (C=O) groups excluding carboxylic acids is 1. The predicted octanol–water partition coefficient (Wildman–Crippen LogP) is 1.39.